The largest absolute Gasteiger partial charge is 0.350 e. The van der Waals surface area contributed by atoms with Crippen LogP contribution in [-0.4, -0.2) is 11.7 Å². The number of nitrogens with zero attached hydrogens (tertiary/aromatic N) is 1. The molecule has 0 aliphatic heterocycles. The molecule has 0 heterocycles. The van der Waals surface area contributed by atoms with Gasteiger partial charge in [-0.2, -0.15) is 5.10 Å². The second-order valence-corrected chi connectivity index (χ2v) is 3.67. The summed E-state index contributed by atoms with van der Waals surface area (Å²) >= 11 is 0. The van der Waals surface area contributed by atoms with E-state index in [0.717, 1.165) is 25.0 Å². The van der Waals surface area contributed by atoms with E-state index in [-0.39, 0.29) is 0 Å². The maximum Gasteiger partial charge on any atom is 0.332 e. The number of nitrogens with two attached hydrogens (primary N) is 1. The fourth-order valence-corrected chi connectivity index (χ4v) is 1.38. The Morgan fingerprint density at radius 2 is 1.87 bits per heavy atom. The minimum atomic E-state index is -0.591. The van der Waals surface area contributed by atoms with Crippen molar-refractivity contribution in [2.75, 3.05) is 0 Å². The molecule has 0 bridgehead atoms. The lowest BCUT2D eigenvalue weighted by Crippen LogP contribution is -2.25. The Morgan fingerprint density at radius 3 is 2.40 bits per heavy atom. The highest BCUT2D eigenvalue weighted by Gasteiger charge is 1.97. The molecule has 2 amide bonds. The van der Waals surface area contributed by atoms with Crippen molar-refractivity contribution < 1.29 is 4.79 Å². The number of nitrogens with one attached hydrogen (secondary N) is 1. The van der Waals surface area contributed by atoms with Crippen LogP contribution in [0.5, 0.6) is 0 Å². The summed E-state index contributed by atoms with van der Waals surface area (Å²) in [4.78, 5) is 10.4. The number of unbranched alkanes of at least 4 members (excludes halogenated alkanes) is 4. The van der Waals surface area contributed by atoms with Gasteiger partial charge in [-0.05, 0) is 19.3 Å². The molecule has 0 aromatic heterocycles. The Balaban J connectivity index is 3.61. The molecule has 0 saturated heterocycles. The molecule has 0 atom stereocenters. The summed E-state index contributed by atoms with van der Waals surface area (Å²) in [7, 11) is 0. The molecular weight excluding hydrogens is 190 g/mol. The van der Waals surface area contributed by atoms with Gasteiger partial charge in [0.05, 0.1) is 0 Å². The molecule has 0 aromatic carbocycles. The molecule has 4 nitrogen and oxygen atoms in total. The van der Waals surface area contributed by atoms with Crippen molar-refractivity contribution in [3.63, 3.8) is 0 Å². The topological polar surface area (TPSA) is 67.5 Å². The lowest BCUT2D eigenvalue weighted by molar-refractivity contribution is 0.249. The Labute approximate surface area is 92.3 Å². The summed E-state index contributed by atoms with van der Waals surface area (Å²) in [5, 5.41) is 3.95. The molecular formula is C11H23N3O. The molecule has 88 valence electrons. The number of primary amides is 1. The third-order valence-electron chi connectivity index (χ3n) is 2.30. The van der Waals surface area contributed by atoms with Crippen molar-refractivity contribution in [1.82, 2.24) is 5.43 Å². The predicted molar refractivity (Wildman–Crippen MR) is 63.8 cm³/mol. The van der Waals surface area contributed by atoms with Crippen LogP contribution in [-0.2, 0) is 0 Å². The first-order chi connectivity index (χ1) is 7.20. The summed E-state index contributed by atoms with van der Waals surface area (Å²) in [5.41, 5.74) is 8.23. The summed E-state index contributed by atoms with van der Waals surface area (Å²) in [6.07, 6.45) is 8.07. The van der Waals surface area contributed by atoms with E-state index < -0.39 is 6.03 Å². The Morgan fingerprint density at radius 1 is 1.20 bits per heavy atom. The molecule has 0 unspecified atom stereocenters. The highest BCUT2D eigenvalue weighted by atomic mass is 16.2. The fourth-order valence-electron chi connectivity index (χ4n) is 1.38. The van der Waals surface area contributed by atoms with Crippen molar-refractivity contribution in [3.8, 4) is 0 Å². The van der Waals surface area contributed by atoms with Crippen LogP contribution in [0.4, 0.5) is 4.79 Å². The molecule has 0 radical (unpaired) electrons. The second-order valence-electron chi connectivity index (χ2n) is 3.67. The van der Waals surface area contributed by atoms with Crippen molar-refractivity contribution in [2.24, 2.45) is 10.8 Å². The van der Waals surface area contributed by atoms with Crippen molar-refractivity contribution in [1.29, 1.82) is 0 Å². The quantitative estimate of drug-likeness (QED) is 0.363. The van der Waals surface area contributed by atoms with Gasteiger partial charge in [-0.1, -0.05) is 39.5 Å². The second kappa shape index (κ2) is 9.49. The summed E-state index contributed by atoms with van der Waals surface area (Å²) in [5.74, 6) is 0. The van der Waals surface area contributed by atoms with E-state index in [0.29, 0.717) is 0 Å². The molecule has 0 aromatic rings. The minimum absolute atomic E-state index is 0.591. The number of hydrazone groups is 1. The van der Waals surface area contributed by atoms with Crippen LogP contribution in [0.2, 0.25) is 0 Å². The number of carbonyl (C=O) groups excluding carboxylic acids is 1. The molecule has 0 rings (SSSR count). The van der Waals surface area contributed by atoms with E-state index in [9.17, 15) is 4.79 Å². The van der Waals surface area contributed by atoms with E-state index >= 15 is 0 Å². The van der Waals surface area contributed by atoms with E-state index in [1.165, 1.54) is 25.7 Å². The van der Waals surface area contributed by atoms with E-state index in [4.69, 9.17) is 5.73 Å². The zero-order valence-electron chi connectivity index (χ0n) is 9.88. The smallest absolute Gasteiger partial charge is 0.332 e. The maximum absolute atomic E-state index is 10.4. The van der Waals surface area contributed by atoms with Crippen LogP contribution in [0.25, 0.3) is 0 Å². The number of hydrogen-bond acceptors (Lipinski definition) is 2. The third-order valence-corrected chi connectivity index (χ3v) is 2.30. The van der Waals surface area contributed by atoms with Gasteiger partial charge in [0.15, 0.2) is 0 Å². The molecule has 15 heavy (non-hydrogen) atoms. The number of rotatable bonds is 8. The van der Waals surface area contributed by atoms with Crippen molar-refractivity contribution in [3.05, 3.63) is 0 Å². The number of amides is 2. The Hall–Kier alpha value is -1.06. The fraction of sp³-hybridized carbons (Fsp3) is 0.818. The molecule has 0 spiro atoms. The highest BCUT2D eigenvalue weighted by molar-refractivity contribution is 5.85. The van der Waals surface area contributed by atoms with Gasteiger partial charge < -0.3 is 5.73 Å². The summed E-state index contributed by atoms with van der Waals surface area (Å²) in [6.45, 7) is 4.24. The average molecular weight is 213 g/mol. The van der Waals surface area contributed by atoms with Crippen molar-refractivity contribution in [2.45, 2.75) is 58.8 Å². The van der Waals surface area contributed by atoms with E-state index in [1.54, 1.807) is 0 Å². The van der Waals surface area contributed by atoms with Gasteiger partial charge in [-0.3, -0.25) is 0 Å². The zero-order valence-corrected chi connectivity index (χ0v) is 9.88. The first-order valence-corrected chi connectivity index (χ1v) is 5.81. The molecule has 0 fully saturated rings. The summed E-state index contributed by atoms with van der Waals surface area (Å²) in [6, 6.07) is -0.591. The predicted octanol–water partition coefficient (Wildman–Crippen LogP) is 2.78. The van der Waals surface area contributed by atoms with Crippen LogP contribution >= 0.6 is 0 Å². The van der Waals surface area contributed by atoms with Crippen LogP contribution < -0.4 is 11.2 Å². The van der Waals surface area contributed by atoms with Gasteiger partial charge in [-0.15, -0.1) is 0 Å². The number of carbonyl (C=O) groups is 1. The lowest BCUT2D eigenvalue weighted by Gasteiger charge is -2.03. The van der Waals surface area contributed by atoms with Crippen molar-refractivity contribution >= 4 is 11.7 Å². The first-order valence-electron chi connectivity index (χ1n) is 5.81. The Bertz CT molecular complexity index is 202. The number of hydrogen-bond donors (Lipinski definition) is 2. The van der Waals surface area contributed by atoms with Crippen LogP contribution in [0.1, 0.15) is 58.8 Å². The highest BCUT2D eigenvalue weighted by Crippen LogP contribution is 2.06. The minimum Gasteiger partial charge on any atom is -0.350 e. The Kier molecular flexibility index (Phi) is 8.82. The number of urea groups is 1. The van der Waals surface area contributed by atoms with Crippen LogP contribution in [0.15, 0.2) is 5.10 Å². The molecule has 4 heteroatoms. The maximum atomic E-state index is 10.4. The normalized spacial score (nSPS) is 11.5. The van der Waals surface area contributed by atoms with Gasteiger partial charge in [0.1, 0.15) is 0 Å². The average Bonchev–Trinajstić information content (AvgIpc) is 2.22. The lowest BCUT2D eigenvalue weighted by atomic mass is 10.1. The van der Waals surface area contributed by atoms with E-state index in [2.05, 4.69) is 17.5 Å². The molecule has 0 saturated carbocycles. The first kappa shape index (κ1) is 13.9. The zero-order chi connectivity index (χ0) is 11.5. The van der Waals surface area contributed by atoms with Crippen LogP contribution in [0.3, 0.4) is 0 Å². The van der Waals surface area contributed by atoms with Gasteiger partial charge in [-0.25, -0.2) is 10.2 Å². The van der Waals surface area contributed by atoms with E-state index in [1.807, 2.05) is 6.92 Å². The molecule has 3 N–H and O–H groups in total. The van der Waals surface area contributed by atoms with Gasteiger partial charge in [0, 0.05) is 5.71 Å². The van der Waals surface area contributed by atoms with Gasteiger partial charge in [0.25, 0.3) is 0 Å². The monoisotopic (exact) mass is 213 g/mol. The van der Waals surface area contributed by atoms with Gasteiger partial charge >= 0.3 is 6.03 Å². The summed E-state index contributed by atoms with van der Waals surface area (Å²) < 4.78 is 0. The van der Waals surface area contributed by atoms with Crippen LogP contribution in [0, 0.1) is 0 Å². The van der Waals surface area contributed by atoms with Gasteiger partial charge in [0.2, 0.25) is 0 Å². The molecule has 0 aliphatic carbocycles. The molecule has 0 aliphatic rings. The standard InChI is InChI=1S/C11H23N3O/c1-3-5-6-7-8-9-10(4-2)13-14-11(12)15/h3-9H2,1-2H3,(H3,12,14,15)/b13-10+. The SMILES string of the molecule is CCCCCCC/C(CC)=N/NC(N)=O. The third kappa shape index (κ3) is 9.25.